The lowest BCUT2D eigenvalue weighted by molar-refractivity contribution is 0.705. The van der Waals surface area contributed by atoms with Crippen LogP contribution in [0.25, 0.3) is 0 Å². The highest BCUT2D eigenvalue weighted by Crippen LogP contribution is 2.18. The van der Waals surface area contributed by atoms with Crippen LogP contribution in [0.5, 0.6) is 0 Å². The molecule has 0 unspecified atom stereocenters. The molecule has 1 N–H and O–H groups in total. The summed E-state index contributed by atoms with van der Waals surface area (Å²) < 4.78 is 0. The van der Waals surface area contributed by atoms with Crippen LogP contribution in [0.15, 0.2) is 12.1 Å². The Hall–Kier alpha value is -1.09. The Balaban J connectivity index is 0.00000102. The fraction of sp³-hybridized carbons (Fsp3) is 0.737. The standard InChI is InChI=1S/C15H25N3.2C2H6/c1-3-5-12-18(4-2)15-7-6-13-8-10-16-11-9-14(13)17-15;2*1-2/h6-7,16H,3-5,8-12H2,1-2H3;2*1-2H3. The number of hydrogen-bond donors (Lipinski definition) is 1. The maximum absolute atomic E-state index is 4.88. The van der Waals surface area contributed by atoms with Gasteiger partial charge in [0.25, 0.3) is 0 Å². The number of fused-ring (bicyclic) bond motifs is 1. The molecular formula is C19H37N3. The second-order valence-corrected chi connectivity index (χ2v) is 4.96. The second kappa shape index (κ2) is 13.6. The zero-order valence-electron chi connectivity index (χ0n) is 15.7. The van der Waals surface area contributed by atoms with Gasteiger partial charge in [0.15, 0.2) is 0 Å². The third-order valence-corrected chi connectivity index (χ3v) is 3.65. The first-order valence-electron chi connectivity index (χ1n) is 9.29. The van der Waals surface area contributed by atoms with Crippen molar-refractivity contribution < 1.29 is 0 Å². The van der Waals surface area contributed by atoms with E-state index >= 15 is 0 Å². The quantitative estimate of drug-likeness (QED) is 0.871. The van der Waals surface area contributed by atoms with Crippen molar-refractivity contribution in [3.8, 4) is 0 Å². The number of unbranched alkanes of at least 4 members (excludes halogenated alkanes) is 1. The van der Waals surface area contributed by atoms with E-state index < -0.39 is 0 Å². The van der Waals surface area contributed by atoms with Crippen LogP contribution in [-0.4, -0.2) is 31.2 Å². The van der Waals surface area contributed by atoms with Gasteiger partial charge in [0.2, 0.25) is 0 Å². The summed E-state index contributed by atoms with van der Waals surface area (Å²) in [5.74, 6) is 1.16. The first-order chi connectivity index (χ1) is 10.8. The number of anilines is 1. The Morgan fingerprint density at radius 3 is 2.36 bits per heavy atom. The first kappa shape index (κ1) is 20.9. The third-order valence-electron chi connectivity index (χ3n) is 3.65. The van der Waals surface area contributed by atoms with E-state index in [2.05, 4.69) is 36.2 Å². The van der Waals surface area contributed by atoms with Crippen molar-refractivity contribution in [3.05, 3.63) is 23.4 Å². The normalized spacial score (nSPS) is 12.8. The molecule has 2 heterocycles. The summed E-state index contributed by atoms with van der Waals surface area (Å²) >= 11 is 0. The summed E-state index contributed by atoms with van der Waals surface area (Å²) in [4.78, 5) is 7.27. The van der Waals surface area contributed by atoms with Gasteiger partial charge in [-0.05, 0) is 37.9 Å². The molecule has 1 aromatic rings. The van der Waals surface area contributed by atoms with Crippen molar-refractivity contribution >= 4 is 5.82 Å². The fourth-order valence-electron chi connectivity index (χ4n) is 2.48. The molecule has 1 aliphatic rings. The van der Waals surface area contributed by atoms with Gasteiger partial charge in [-0.25, -0.2) is 4.98 Å². The lowest BCUT2D eigenvalue weighted by Crippen LogP contribution is -2.25. The average Bonchev–Trinajstić information content (AvgIpc) is 2.84. The molecule has 0 saturated heterocycles. The van der Waals surface area contributed by atoms with Gasteiger partial charge in [-0.3, -0.25) is 0 Å². The molecule has 0 saturated carbocycles. The smallest absolute Gasteiger partial charge is 0.128 e. The highest BCUT2D eigenvalue weighted by Gasteiger charge is 2.12. The van der Waals surface area contributed by atoms with E-state index in [1.54, 1.807) is 0 Å². The molecule has 128 valence electrons. The number of pyridine rings is 1. The minimum absolute atomic E-state index is 1.05. The summed E-state index contributed by atoms with van der Waals surface area (Å²) in [6.45, 7) is 16.8. The molecule has 1 aromatic heterocycles. The summed E-state index contributed by atoms with van der Waals surface area (Å²) in [6.07, 6.45) is 4.66. The summed E-state index contributed by atoms with van der Waals surface area (Å²) in [6, 6.07) is 4.47. The van der Waals surface area contributed by atoms with Crippen LogP contribution in [0, 0.1) is 0 Å². The maximum atomic E-state index is 4.88. The molecule has 0 atom stereocenters. The molecule has 3 nitrogen and oxygen atoms in total. The zero-order valence-corrected chi connectivity index (χ0v) is 15.7. The highest BCUT2D eigenvalue weighted by atomic mass is 15.2. The molecule has 2 rings (SSSR count). The third kappa shape index (κ3) is 6.78. The van der Waals surface area contributed by atoms with E-state index in [4.69, 9.17) is 4.98 Å². The molecule has 0 bridgehead atoms. The summed E-state index contributed by atoms with van der Waals surface area (Å²) in [7, 11) is 0. The van der Waals surface area contributed by atoms with E-state index in [0.29, 0.717) is 0 Å². The van der Waals surface area contributed by atoms with Gasteiger partial charge in [0.05, 0.1) is 0 Å². The van der Waals surface area contributed by atoms with E-state index in [1.807, 2.05) is 27.7 Å². The predicted octanol–water partition coefficient (Wildman–Crippen LogP) is 4.45. The molecule has 0 spiro atoms. The maximum Gasteiger partial charge on any atom is 0.128 e. The largest absolute Gasteiger partial charge is 0.357 e. The van der Waals surface area contributed by atoms with E-state index in [0.717, 1.165) is 44.8 Å². The van der Waals surface area contributed by atoms with Crippen molar-refractivity contribution in [2.24, 2.45) is 0 Å². The lowest BCUT2D eigenvalue weighted by Gasteiger charge is -2.22. The van der Waals surface area contributed by atoms with Gasteiger partial charge in [-0.15, -0.1) is 0 Å². The molecule has 1 aliphatic heterocycles. The molecule has 0 radical (unpaired) electrons. The van der Waals surface area contributed by atoms with Gasteiger partial charge < -0.3 is 10.2 Å². The zero-order chi connectivity index (χ0) is 16.8. The first-order valence-corrected chi connectivity index (χ1v) is 9.29. The van der Waals surface area contributed by atoms with Crippen LogP contribution >= 0.6 is 0 Å². The van der Waals surface area contributed by atoms with Crippen LogP contribution in [-0.2, 0) is 12.8 Å². The van der Waals surface area contributed by atoms with Gasteiger partial charge in [-0.2, -0.15) is 0 Å². The van der Waals surface area contributed by atoms with Crippen molar-refractivity contribution in [1.82, 2.24) is 10.3 Å². The van der Waals surface area contributed by atoms with Gasteiger partial charge in [-0.1, -0.05) is 47.1 Å². The van der Waals surface area contributed by atoms with Crippen molar-refractivity contribution in [2.45, 2.75) is 67.2 Å². The predicted molar refractivity (Wildman–Crippen MR) is 100 cm³/mol. The molecule has 0 fully saturated rings. The summed E-state index contributed by atoms with van der Waals surface area (Å²) in [5.41, 5.74) is 2.72. The fourth-order valence-corrected chi connectivity index (χ4v) is 2.48. The van der Waals surface area contributed by atoms with Crippen LogP contribution in [0.1, 0.15) is 65.6 Å². The van der Waals surface area contributed by atoms with Crippen LogP contribution in [0.2, 0.25) is 0 Å². The van der Waals surface area contributed by atoms with Gasteiger partial charge >= 0.3 is 0 Å². The summed E-state index contributed by atoms with van der Waals surface area (Å²) in [5, 5.41) is 3.44. The Morgan fingerprint density at radius 1 is 1.05 bits per heavy atom. The monoisotopic (exact) mass is 307 g/mol. The van der Waals surface area contributed by atoms with E-state index in [1.165, 1.54) is 24.1 Å². The topological polar surface area (TPSA) is 28.2 Å². The second-order valence-electron chi connectivity index (χ2n) is 4.96. The van der Waals surface area contributed by atoms with Gasteiger partial charge in [0, 0.05) is 31.7 Å². The van der Waals surface area contributed by atoms with E-state index in [9.17, 15) is 0 Å². The number of aromatic nitrogens is 1. The van der Waals surface area contributed by atoms with Crippen molar-refractivity contribution in [1.29, 1.82) is 0 Å². The minimum atomic E-state index is 1.05. The molecule has 0 aliphatic carbocycles. The molecule has 3 heteroatoms. The number of nitrogens with one attached hydrogen (secondary N) is 1. The van der Waals surface area contributed by atoms with E-state index in [-0.39, 0.29) is 0 Å². The number of nitrogens with zero attached hydrogens (tertiary/aromatic N) is 2. The van der Waals surface area contributed by atoms with Gasteiger partial charge in [0.1, 0.15) is 5.82 Å². The lowest BCUT2D eigenvalue weighted by atomic mass is 10.1. The molecule has 22 heavy (non-hydrogen) atoms. The van der Waals surface area contributed by atoms with Crippen LogP contribution < -0.4 is 10.2 Å². The highest BCUT2D eigenvalue weighted by molar-refractivity contribution is 5.42. The van der Waals surface area contributed by atoms with Crippen molar-refractivity contribution in [2.75, 3.05) is 31.1 Å². The van der Waals surface area contributed by atoms with Crippen LogP contribution in [0.4, 0.5) is 5.82 Å². The van der Waals surface area contributed by atoms with Crippen molar-refractivity contribution in [3.63, 3.8) is 0 Å². The average molecular weight is 308 g/mol. The Labute approximate surface area is 138 Å². The van der Waals surface area contributed by atoms with Crippen LogP contribution in [0.3, 0.4) is 0 Å². The minimum Gasteiger partial charge on any atom is -0.357 e. The molecule has 0 aromatic carbocycles. The molecule has 0 amide bonds. The molecular weight excluding hydrogens is 270 g/mol. The Kier molecular flexibility index (Phi) is 12.9. The SMILES string of the molecule is CC.CC.CCCCN(CC)c1ccc2c(n1)CCNCC2. The number of rotatable bonds is 5. The number of hydrogen-bond acceptors (Lipinski definition) is 3. The Bertz CT molecular complexity index is 377. The Morgan fingerprint density at radius 2 is 1.73 bits per heavy atom.